The monoisotopic (exact) mass is 502 g/mol. The summed E-state index contributed by atoms with van der Waals surface area (Å²) in [4.78, 5) is 49.4. The summed E-state index contributed by atoms with van der Waals surface area (Å²) in [6, 6.07) is 17.2. The van der Waals surface area contributed by atoms with Crippen molar-refractivity contribution in [1.82, 2.24) is 19.5 Å². The summed E-state index contributed by atoms with van der Waals surface area (Å²) >= 11 is 0. The van der Waals surface area contributed by atoms with Gasteiger partial charge in [0.25, 0.3) is 5.56 Å². The number of nitrogens with zero attached hydrogens (tertiary/aromatic N) is 3. The van der Waals surface area contributed by atoms with Crippen LogP contribution >= 0.6 is 0 Å². The van der Waals surface area contributed by atoms with Crippen LogP contribution in [0.25, 0.3) is 11.2 Å². The molecular weight excluding hydrogens is 476 g/mol. The molecule has 1 aliphatic rings. The largest absolute Gasteiger partial charge is 0.459 e. The number of hydrogen-bond acceptors (Lipinski definition) is 8. The van der Waals surface area contributed by atoms with E-state index in [9.17, 15) is 14.4 Å². The highest BCUT2D eigenvalue weighted by Gasteiger charge is 2.54. The van der Waals surface area contributed by atoms with Crippen LogP contribution in [0.1, 0.15) is 46.6 Å². The Morgan fingerprint density at radius 1 is 1.03 bits per heavy atom. The smallest absolute Gasteiger partial charge is 0.338 e. The van der Waals surface area contributed by atoms with Crippen LogP contribution in [-0.4, -0.2) is 50.3 Å². The Morgan fingerprint density at radius 2 is 1.65 bits per heavy atom. The fourth-order valence-electron chi connectivity index (χ4n) is 4.59. The molecule has 4 aromatic rings. The minimum absolute atomic E-state index is 0.153. The van der Waals surface area contributed by atoms with Crippen LogP contribution in [0.5, 0.6) is 0 Å². The summed E-state index contributed by atoms with van der Waals surface area (Å²) < 4.78 is 19.6. The van der Waals surface area contributed by atoms with Crippen LogP contribution in [0.15, 0.2) is 71.8 Å². The molecule has 37 heavy (non-hydrogen) atoms. The van der Waals surface area contributed by atoms with Gasteiger partial charge in [-0.2, -0.15) is 0 Å². The third-order valence-electron chi connectivity index (χ3n) is 6.45. The van der Waals surface area contributed by atoms with Crippen molar-refractivity contribution in [3.8, 4) is 0 Å². The zero-order valence-electron chi connectivity index (χ0n) is 20.6. The molecular formula is C27H26N4O6. The molecule has 1 aliphatic heterocycles. The lowest BCUT2D eigenvalue weighted by Crippen LogP contribution is -2.40. The van der Waals surface area contributed by atoms with Gasteiger partial charge in [0.05, 0.1) is 17.5 Å². The van der Waals surface area contributed by atoms with E-state index in [1.165, 1.54) is 6.33 Å². The van der Waals surface area contributed by atoms with E-state index in [-0.39, 0.29) is 17.7 Å². The third kappa shape index (κ3) is 4.63. The second kappa shape index (κ2) is 9.62. The average molecular weight is 503 g/mol. The number of ether oxygens (including phenoxy) is 3. The first-order valence-corrected chi connectivity index (χ1v) is 11.8. The molecule has 0 spiro atoms. The average Bonchev–Trinajstić information content (AvgIpc) is 3.41. The number of imidazole rings is 1. The first kappa shape index (κ1) is 24.4. The van der Waals surface area contributed by atoms with Gasteiger partial charge < -0.3 is 19.2 Å². The number of aryl methyl sites for hydroxylation is 1. The standard InChI is InChI=1S/C27H26N4O6/c1-16-29-22-20(23(32)30-16)28-15-31(22)26-27(2,3)21(37-25(34)18-12-8-5-9-13-18)19(36-26)14-35-24(33)17-10-6-4-7-11-17/h4-13,15,19,21,26H,14H2,1-3H3,(H,29,30,32)/t19-,21-,26-/m1/s1. The lowest BCUT2D eigenvalue weighted by Gasteiger charge is -2.31. The van der Waals surface area contributed by atoms with E-state index in [1.54, 1.807) is 66.1 Å². The van der Waals surface area contributed by atoms with Gasteiger partial charge in [-0.1, -0.05) is 50.2 Å². The van der Waals surface area contributed by atoms with Crippen molar-refractivity contribution in [3.63, 3.8) is 0 Å². The molecule has 0 aliphatic carbocycles. The van der Waals surface area contributed by atoms with Crippen molar-refractivity contribution in [3.05, 3.63) is 94.3 Å². The van der Waals surface area contributed by atoms with Gasteiger partial charge in [0.15, 0.2) is 11.2 Å². The SMILES string of the molecule is Cc1nc2c(ncn2[C@@H]2O[C@H](COC(=O)c3ccccc3)[C@@H](OC(=O)c3ccccc3)C2(C)C)c(=O)[nH]1. The Bertz CT molecular complexity index is 1500. The van der Waals surface area contributed by atoms with Crippen molar-refractivity contribution in [2.45, 2.75) is 39.2 Å². The fraction of sp³-hybridized carbons (Fsp3) is 0.296. The van der Waals surface area contributed by atoms with E-state index in [0.717, 1.165) is 0 Å². The van der Waals surface area contributed by atoms with Crippen molar-refractivity contribution in [1.29, 1.82) is 0 Å². The predicted octanol–water partition coefficient (Wildman–Crippen LogP) is 3.43. The van der Waals surface area contributed by atoms with E-state index >= 15 is 0 Å². The number of carbonyl (C=O) groups is 2. The summed E-state index contributed by atoms with van der Waals surface area (Å²) in [6.45, 7) is 5.28. The van der Waals surface area contributed by atoms with Crippen molar-refractivity contribution in [2.24, 2.45) is 5.41 Å². The second-order valence-corrected chi connectivity index (χ2v) is 9.48. The molecule has 5 rings (SSSR count). The minimum Gasteiger partial charge on any atom is -0.459 e. The summed E-state index contributed by atoms with van der Waals surface area (Å²) in [5.41, 5.74) is 0.112. The summed E-state index contributed by atoms with van der Waals surface area (Å²) in [6.07, 6.45) is -0.830. The Balaban J connectivity index is 1.47. The van der Waals surface area contributed by atoms with Crippen LogP contribution < -0.4 is 5.56 Å². The maximum Gasteiger partial charge on any atom is 0.338 e. The topological polar surface area (TPSA) is 125 Å². The maximum atomic E-state index is 13.0. The highest BCUT2D eigenvalue weighted by atomic mass is 16.6. The first-order chi connectivity index (χ1) is 17.8. The molecule has 1 fully saturated rings. The molecule has 1 saturated heterocycles. The Morgan fingerprint density at radius 3 is 2.30 bits per heavy atom. The number of nitrogens with one attached hydrogen (secondary N) is 1. The van der Waals surface area contributed by atoms with Crippen LogP contribution in [0.2, 0.25) is 0 Å². The van der Waals surface area contributed by atoms with Crippen molar-refractivity contribution < 1.29 is 23.8 Å². The highest BCUT2D eigenvalue weighted by Crippen LogP contribution is 2.47. The summed E-state index contributed by atoms with van der Waals surface area (Å²) in [5.74, 6) is -0.617. The van der Waals surface area contributed by atoms with Crippen LogP contribution in [0, 0.1) is 12.3 Å². The molecule has 2 aromatic carbocycles. The molecule has 190 valence electrons. The normalized spacial score (nSPS) is 20.6. The van der Waals surface area contributed by atoms with Gasteiger partial charge in [-0.3, -0.25) is 9.36 Å². The van der Waals surface area contributed by atoms with E-state index in [4.69, 9.17) is 14.2 Å². The Hall–Kier alpha value is -4.31. The van der Waals surface area contributed by atoms with E-state index in [0.29, 0.717) is 22.6 Å². The third-order valence-corrected chi connectivity index (χ3v) is 6.45. The molecule has 0 bridgehead atoms. The number of carbonyl (C=O) groups excluding carboxylic acids is 2. The van der Waals surface area contributed by atoms with Gasteiger partial charge >= 0.3 is 11.9 Å². The number of H-pyrrole nitrogens is 1. The zero-order valence-corrected chi connectivity index (χ0v) is 20.6. The number of rotatable bonds is 6. The lowest BCUT2D eigenvalue weighted by molar-refractivity contribution is -0.0580. The van der Waals surface area contributed by atoms with Crippen molar-refractivity contribution in [2.75, 3.05) is 6.61 Å². The van der Waals surface area contributed by atoms with Crippen molar-refractivity contribution >= 4 is 23.1 Å². The number of aromatic amines is 1. The molecule has 2 aromatic heterocycles. The second-order valence-electron chi connectivity index (χ2n) is 9.48. The number of aromatic nitrogens is 4. The Labute approximate surface area is 212 Å². The van der Waals surface area contributed by atoms with E-state index < -0.39 is 35.8 Å². The maximum absolute atomic E-state index is 13.0. The van der Waals surface area contributed by atoms with E-state index in [2.05, 4.69) is 15.0 Å². The summed E-state index contributed by atoms with van der Waals surface area (Å²) in [5, 5.41) is 0. The first-order valence-electron chi connectivity index (χ1n) is 11.8. The molecule has 3 heterocycles. The van der Waals surface area contributed by atoms with Gasteiger partial charge in [0.1, 0.15) is 30.9 Å². The van der Waals surface area contributed by atoms with Crippen LogP contribution in [0.3, 0.4) is 0 Å². The number of hydrogen-bond donors (Lipinski definition) is 1. The van der Waals surface area contributed by atoms with Gasteiger partial charge in [-0.25, -0.2) is 19.6 Å². The van der Waals surface area contributed by atoms with Crippen LogP contribution in [-0.2, 0) is 14.2 Å². The van der Waals surface area contributed by atoms with E-state index in [1.807, 2.05) is 19.9 Å². The van der Waals surface area contributed by atoms with Crippen LogP contribution in [0.4, 0.5) is 0 Å². The number of esters is 2. The van der Waals surface area contributed by atoms with Gasteiger partial charge in [0.2, 0.25) is 0 Å². The minimum atomic E-state index is -0.819. The molecule has 3 atom stereocenters. The lowest BCUT2D eigenvalue weighted by atomic mass is 9.84. The highest BCUT2D eigenvalue weighted by molar-refractivity contribution is 5.90. The van der Waals surface area contributed by atoms with Gasteiger partial charge in [-0.05, 0) is 31.2 Å². The summed E-state index contributed by atoms with van der Waals surface area (Å²) in [7, 11) is 0. The number of benzene rings is 2. The predicted molar refractivity (Wildman–Crippen MR) is 133 cm³/mol. The molecule has 10 heteroatoms. The van der Waals surface area contributed by atoms with Gasteiger partial charge in [0, 0.05) is 5.41 Å². The molecule has 10 nitrogen and oxygen atoms in total. The molecule has 1 N–H and O–H groups in total. The molecule has 0 radical (unpaired) electrons. The molecule has 0 amide bonds. The number of fused-ring (bicyclic) bond motifs is 1. The Kier molecular flexibility index (Phi) is 6.34. The fourth-order valence-corrected chi connectivity index (χ4v) is 4.59. The quantitative estimate of drug-likeness (QED) is 0.398. The van der Waals surface area contributed by atoms with Gasteiger partial charge in [-0.15, -0.1) is 0 Å². The molecule has 0 unspecified atom stereocenters. The molecule has 0 saturated carbocycles. The zero-order chi connectivity index (χ0) is 26.2.